The summed E-state index contributed by atoms with van der Waals surface area (Å²) in [6.07, 6.45) is 1.88. The number of fused-ring (bicyclic) bond motifs is 1. The SMILES string of the molecule is Cc1cccc(COC[C@]23COC[C@H]2CN(Cc2nccs2)C3)n1. The maximum absolute atomic E-state index is 6.06. The molecule has 0 N–H and O–H groups in total. The van der Waals surface area contributed by atoms with Crippen LogP contribution in [0.4, 0.5) is 0 Å². The zero-order valence-electron chi connectivity index (χ0n) is 14.0. The van der Waals surface area contributed by atoms with Gasteiger partial charge in [0.2, 0.25) is 0 Å². The lowest BCUT2D eigenvalue weighted by molar-refractivity contribution is 0.0171. The van der Waals surface area contributed by atoms with Crippen LogP contribution < -0.4 is 0 Å². The fourth-order valence-electron chi connectivity index (χ4n) is 3.83. The van der Waals surface area contributed by atoms with Crippen molar-refractivity contribution < 1.29 is 9.47 Å². The summed E-state index contributed by atoms with van der Waals surface area (Å²) in [5.41, 5.74) is 2.16. The van der Waals surface area contributed by atoms with Crippen molar-refractivity contribution in [1.29, 1.82) is 0 Å². The molecule has 0 bridgehead atoms. The predicted octanol–water partition coefficient (Wildman–Crippen LogP) is 2.51. The van der Waals surface area contributed by atoms with Crippen LogP contribution in [0.3, 0.4) is 0 Å². The number of aryl methyl sites for hydroxylation is 1. The average Bonchev–Trinajstić information content (AvgIpc) is 3.24. The van der Waals surface area contributed by atoms with Gasteiger partial charge in [0.05, 0.1) is 38.7 Å². The van der Waals surface area contributed by atoms with Gasteiger partial charge in [0, 0.05) is 41.7 Å². The number of pyridine rings is 1. The Kier molecular flexibility index (Phi) is 4.63. The molecule has 24 heavy (non-hydrogen) atoms. The van der Waals surface area contributed by atoms with Gasteiger partial charge in [0.1, 0.15) is 5.01 Å². The molecule has 2 aliphatic rings. The van der Waals surface area contributed by atoms with Crippen LogP contribution in [0.25, 0.3) is 0 Å². The lowest BCUT2D eigenvalue weighted by Gasteiger charge is -2.27. The Balaban J connectivity index is 1.35. The number of rotatable bonds is 6. The summed E-state index contributed by atoms with van der Waals surface area (Å²) in [6, 6.07) is 6.07. The second-order valence-electron chi connectivity index (χ2n) is 6.93. The van der Waals surface area contributed by atoms with E-state index in [-0.39, 0.29) is 5.41 Å². The predicted molar refractivity (Wildman–Crippen MR) is 92.8 cm³/mol. The summed E-state index contributed by atoms with van der Waals surface area (Å²) < 4.78 is 11.8. The Morgan fingerprint density at radius 2 is 2.42 bits per heavy atom. The van der Waals surface area contributed by atoms with Crippen LogP contribution in [0, 0.1) is 18.3 Å². The number of hydrogen-bond acceptors (Lipinski definition) is 6. The second-order valence-corrected chi connectivity index (χ2v) is 7.91. The van der Waals surface area contributed by atoms with Crippen molar-refractivity contribution >= 4 is 11.3 Å². The van der Waals surface area contributed by atoms with E-state index in [1.54, 1.807) is 11.3 Å². The molecule has 0 aromatic carbocycles. The Morgan fingerprint density at radius 3 is 3.25 bits per heavy atom. The minimum atomic E-state index is 0.126. The van der Waals surface area contributed by atoms with Crippen molar-refractivity contribution in [3.63, 3.8) is 0 Å². The van der Waals surface area contributed by atoms with E-state index >= 15 is 0 Å². The first-order chi connectivity index (χ1) is 11.7. The number of likely N-dealkylation sites (tertiary alicyclic amines) is 1. The Bertz CT molecular complexity index is 679. The first kappa shape index (κ1) is 16.1. The number of ether oxygens (including phenoxy) is 2. The molecule has 4 heterocycles. The largest absolute Gasteiger partial charge is 0.380 e. The van der Waals surface area contributed by atoms with Crippen LogP contribution in [0.5, 0.6) is 0 Å². The maximum Gasteiger partial charge on any atom is 0.107 e. The summed E-state index contributed by atoms with van der Waals surface area (Å²) in [7, 11) is 0. The van der Waals surface area contributed by atoms with Crippen LogP contribution in [0.1, 0.15) is 16.4 Å². The quantitative estimate of drug-likeness (QED) is 0.805. The third kappa shape index (κ3) is 3.37. The van der Waals surface area contributed by atoms with Gasteiger partial charge < -0.3 is 9.47 Å². The molecule has 0 saturated carbocycles. The van der Waals surface area contributed by atoms with Gasteiger partial charge in [-0.25, -0.2) is 4.98 Å². The molecule has 2 fully saturated rings. The van der Waals surface area contributed by atoms with Gasteiger partial charge in [0.25, 0.3) is 0 Å². The van der Waals surface area contributed by atoms with E-state index < -0.39 is 0 Å². The first-order valence-electron chi connectivity index (χ1n) is 8.42. The molecule has 0 unspecified atom stereocenters. The molecule has 2 aromatic heterocycles. The Hall–Kier alpha value is -1.34. The van der Waals surface area contributed by atoms with E-state index in [4.69, 9.17) is 9.47 Å². The highest BCUT2D eigenvalue weighted by Gasteiger charge is 2.50. The van der Waals surface area contributed by atoms with Gasteiger partial charge >= 0.3 is 0 Å². The van der Waals surface area contributed by atoms with Crippen LogP contribution >= 0.6 is 11.3 Å². The standard InChI is InChI=1S/C18H23N3O2S/c1-14-3-2-4-16(20-14)10-23-13-18-11-21(7-15(18)9-22-12-18)8-17-19-5-6-24-17/h2-6,15H,7-13H2,1H3/t15-,18+/m1/s1. The second kappa shape index (κ2) is 6.88. The van der Waals surface area contributed by atoms with E-state index in [9.17, 15) is 0 Å². The molecule has 2 aromatic rings. The van der Waals surface area contributed by atoms with E-state index in [0.29, 0.717) is 12.5 Å². The monoisotopic (exact) mass is 345 g/mol. The number of aromatic nitrogens is 2. The molecule has 0 radical (unpaired) electrons. The van der Waals surface area contributed by atoms with Gasteiger partial charge in [-0.1, -0.05) is 6.07 Å². The molecule has 0 amide bonds. The van der Waals surface area contributed by atoms with Crippen molar-refractivity contribution in [2.45, 2.75) is 20.1 Å². The minimum Gasteiger partial charge on any atom is -0.380 e. The number of nitrogens with zero attached hydrogens (tertiary/aromatic N) is 3. The summed E-state index contributed by atoms with van der Waals surface area (Å²) in [4.78, 5) is 11.4. The third-order valence-electron chi connectivity index (χ3n) is 5.02. The highest BCUT2D eigenvalue weighted by molar-refractivity contribution is 7.09. The average molecular weight is 345 g/mol. The summed E-state index contributed by atoms with van der Waals surface area (Å²) in [5, 5.41) is 3.24. The minimum absolute atomic E-state index is 0.126. The summed E-state index contributed by atoms with van der Waals surface area (Å²) >= 11 is 1.73. The van der Waals surface area contributed by atoms with Crippen LogP contribution in [-0.4, -0.2) is 47.8 Å². The van der Waals surface area contributed by atoms with Gasteiger partial charge in [-0.05, 0) is 19.1 Å². The van der Waals surface area contributed by atoms with Gasteiger partial charge in [-0.15, -0.1) is 11.3 Å². The lowest BCUT2D eigenvalue weighted by atomic mass is 9.82. The lowest BCUT2D eigenvalue weighted by Crippen LogP contribution is -2.35. The molecule has 4 rings (SSSR count). The molecule has 2 aliphatic heterocycles. The zero-order valence-corrected chi connectivity index (χ0v) is 14.8. The van der Waals surface area contributed by atoms with E-state index in [1.807, 2.05) is 36.7 Å². The first-order valence-corrected chi connectivity index (χ1v) is 9.30. The van der Waals surface area contributed by atoms with Crippen molar-refractivity contribution in [3.8, 4) is 0 Å². The normalized spacial score (nSPS) is 26.8. The third-order valence-corrected chi connectivity index (χ3v) is 5.78. The highest BCUT2D eigenvalue weighted by Crippen LogP contribution is 2.42. The summed E-state index contributed by atoms with van der Waals surface area (Å²) in [5.74, 6) is 0.558. The number of thiazole rings is 1. The van der Waals surface area contributed by atoms with E-state index in [1.165, 1.54) is 5.01 Å². The van der Waals surface area contributed by atoms with Crippen molar-refractivity contribution in [2.75, 3.05) is 32.9 Å². The molecule has 0 spiro atoms. The smallest absolute Gasteiger partial charge is 0.107 e. The molecule has 2 saturated heterocycles. The zero-order chi connectivity index (χ0) is 16.4. The van der Waals surface area contributed by atoms with Crippen LogP contribution in [-0.2, 0) is 22.6 Å². The molecule has 0 aliphatic carbocycles. The van der Waals surface area contributed by atoms with Gasteiger partial charge in [-0.2, -0.15) is 0 Å². The van der Waals surface area contributed by atoms with Gasteiger partial charge in [-0.3, -0.25) is 9.88 Å². The molecule has 2 atom stereocenters. The molecule has 128 valence electrons. The van der Waals surface area contributed by atoms with Crippen LogP contribution in [0.2, 0.25) is 0 Å². The van der Waals surface area contributed by atoms with Crippen LogP contribution in [0.15, 0.2) is 29.8 Å². The maximum atomic E-state index is 6.06. The molecule has 6 heteroatoms. The fourth-order valence-corrected chi connectivity index (χ4v) is 4.49. The van der Waals surface area contributed by atoms with Gasteiger partial charge in [0.15, 0.2) is 0 Å². The van der Waals surface area contributed by atoms with E-state index in [2.05, 4.69) is 14.9 Å². The summed E-state index contributed by atoms with van der Waals surface area (Å²) in [6.45, 7) is 8.01. The Morgan fingerprint density at radius 1 is 1.46 bits per heavy atom. The van der Waals surface area contributed by atoms with E-state index in [0.717, 1.165) is 50.8 Å². The Labute approximate surface area is 146 Å². The fraction of sp³-hybridized carbons (Fsp3) is 0.556. The topological polar surface area (TPSA) is 47.5 Å². The number of hydrogen-bond donors (Lipinski definition) is 0. The molecular weight excluding hydrogens is 322 g/mol. The molecular formula is C18H23N3O2S. The van der Waals surface area contributed by atoms with Crippen molar-refractivity contribution in [2.24, 2.45) is 11.3 Å². The molecule has 5 nitrogen and oxygen atoms in total. The highest BCUT2D eigenvalue weighted by atomic mass is 32.1. The van der Waals surface area contributed by atoms with Crippen molar-refractivity contribution in [1.82, 2.24) is 14.9 Å². The van der Waals surface area contributed by atoms with Crippen molar-refractivity contribution in [3.05, 3.63) is 46.2 Å².